The minimum atomic E-state index is -0.404. The lowest BCUT2D eigenvalue weighted by Crippen LogP contribution is -3.12. The van der Waals surface area contributed by atoms with Gasteiger partial charge in [0.15, 0.2) is 6.61 Å². The minimum Gasteiger partial charge on any atom is -0.484 e. The van der Waals surface area contributed by atoms with Crippen LogP contribution in [-0.4, -0.2) is 38.1 Å². The summed E-state index contributed by atoms with van der Waals surface area (Å²) in [7, 11) is 0. The van der Waals surface area contributed by atoms with Crippen LogP contribution in [0.1, 0.15) is 25.7 Å². The highest BCUT2D eigenvalue weighted by molar-refractivity contribution is 6.30. The molecule has 1 saturated heterocycles. The van der Waals surface area contributed by atoms with Crippen LogP contribution < -0.4 is 20.5 Å². The normalized spacial score (nSPS) is 15.0. The molecule has 0 bridgehead atoms. The van der Waals surface area contributed by atoms with Crippen LogP contribution in [0, 0.1) is 0 Å². The lowest BCUT2D eigenvalue weighted by atomic mass is 10.1. The number of hydrogen-bond donors (Lipinski definition) is 3. The van der Waals surface area contributed by atoms with E-state index in [2.05, 4.69) is 10.9 Å². The Labute approximate surface area is 141 Å². The maximum absolute atomic E-state index is 11.7. The summed E-state index contributed by atoms with van der Waals surface area (Å²) in [4.78, 5) is 24.8. The molecule has 0 radical (unpaired) electrons. The van der Waals surface area contributed by atoms with Crippen LogP contribution >= 0.6 is 11.6 Å². The van der Waals surface area contributed by atoms with E-state index in [1.807, 2.05) is 0 Å². The molecule has 0 unspecified atom stereocenters. The molecule has 1 aliphatic heterocycles. The van der Waals surface area contributed by atoms with Crippen molar-refractivity contribution in [2.45, 2.75) is 25.7 Å². The molecule has 0 aliphatic carbocycles. The van der Waals surface area contributed by atoms with Gasteiger partial charge in [0.2, 0.25) is 5.91 Å². The smallest absolute Gasteiger partial charge is 0.276 e. The van der Waals surface area contributed by atoms with Gasteiger partial charge in [0, 0.05) is 5.02 Å². The van der Waals surface area contributed by atoms with Gasteiger partial charge in [-0.1, -0.05) is 11.6 Å². The highest BCUT2D eigenvalue weighted by Gasteiger charge is 2.15. The summed E-state index contributed by atoms with van der Waals surface area (Å²) in [6.45, 7) is 2.91. The molecular formula is C16H23ClN3O3+. The number of rotatable bonds is 6. The fourth-order valence-corrected chi connectivity index (χ4v) is 2.64. The van der Waals surface area contributed by atoms with Crippen molar-refractivity contribution in [3.05, 3.63) is 29.3 Å². The third-order valence-electron chi connectivity index (χ3n) is 3.79. The second kappa shape index (κ2) is 9.37. The van der Waals surface area contributed by atoms with E-state index in [-0.39, 0.29) is 12.5 Å². The van der Waals surface area contributed by atoms with E-state index < -0.39 is 5.91 Å². The third kappa shape index (κ3) is 6.88. The van der Waals surface area contributed by atoms with Crippen LogP contribution in [0.15, 0.2) is 24.3 Å². The molecule has 1 aliphatic rings. The number of nitrogens with one attached hydrogen (secondary N) is 3. The van der Waals surface area contributed by atoms with E-state index in [0.29, 0.717) is 17.2 Å². The number of carbonyl (C=O) groups is 2. The van der Waals surface area contributed by atoms with Crippen LogP contribution in [-0.2, 0) is 9.59 Å². The van der Waals surface area contributed by atoms with Gasteiger partial charge in [-0.3, -0.25) is 20.4 Å². The Morgan fingerprint density at radius 1 is 1.04 bits per heavy atom. The van der Waals surface area contributed by atoms with Gasteiger partial charge in [-0.2, -0.15) is 0 Å². The van der Waals surface area contributed by atoms with Crippen LogP contribution in [0.4, 0.5) is 0 Å². The molecule has 126 valence electrons. The van der Waals surface area contributed by atoms with Gasteiger partial charge in [-0.15, -0.1) is 0 Å². The summed E-state index contributed by atoms with van der Waals surface area (Å²) in [6, 6.07) is 6.71. The number of ether oxygens (including phenoxy) is 1. The number of carbonyl (C=O) groups excluding carboxylic acids is 2. The van der Waals surface area contributed by atoms with Gasteiger partial charge >= 0.3 is 0 Å². The molecule has 0 aromatic heterocycles. The molecule has 6 nitrogen and oxygen atoms in total. The number of amides is 2. The summed E-state index contributed by atoms with van der Waals surface area (Å²) in [6.07, 6.45) is 4.17. The Balaban J connectivity index is 1.57. The number of benzene rings is 1. The predicted octanol–water partition coefficient (Wildman–Crippen LogP) is 0.325. The third-order valence-corrected chi connectivity index (χ3v) is 4.04. The van der Waals surface area contributed by atoms with Crippen molar-refractivity contribution in [2.24, 2.45) is 0 Å². The Kier molecular flexibility index (Phi) is 7.16. The summed E-state index contributed by atoms with van der Waals surface area (Å²) >= 11 is 5.76. The highest BCUT2D eigenvalue weighted by atomic mass is 35.5. The van der Waals surface area contributed by atoms with Crippen molar-refractivity contribution in [3.63, 3.8) is 0 Å². The molecule has 23 heavy (non-hydrogen) atoms. The first-order valence-electron chi connectivity index (χ1n) is 7.93. The molecule has 0 saturated carbocycles. The zero-order chi connectivity index (χ0) is 16.5. The first-order chi connectivity index (χ1) is 11.1. The van der Waals surface area contributed by atoms with E-state index in [1.165, 1.54) is 24.2 Å². The summed E-state index contributed by atoms with van der Waals surface area (Å²) in [5.74, 6) is -0.0360. The standard InChI is InChI=1S/C16H22ClN3O3/c17-13-4-6-14(7-5-13)23-12-16(22)19-18-15(21)8-11-20-9-2-1-3-10-20/h4-7H,1-3,8-12H2,(H,18,21)(H,19,22)/p+1. The molecule has 2 rings (SSSR count). The average molecular weight is 341 g/mol. The van der Waals surface area contributed by atoms with Crippen LogP contribution in [0.2, 0.25) is 5.02 Å². The molecule has 0 atom stereocenters. The van der Waals surface area contributed by atoms with Crippen molar-refractivity contribution < 1.29 is 19.2 Å². The van der Waals surface area contributed by atoms with Gasteiger partial charge < -0.3 is 9.64 Å². The number of piperidine rings is 1. The van der Waals surface area contributed by atoms with E-state index >= 15 is 0 Å². The molecule has 1 fully saturated rings. The molecular weight excluding hydrogens is 318 g/mol. The second-order valence-corrected chi connectivity index (χ2v) is 6.09. The lowest BCUT2D eigenvalue weighted by Gasteiger charge is -2.23. The molecule has 2 amide bonds. The minimum absolute atomic E-state index is 0.167. The Morgan fingerprint density at radius 2 is 1.70 bits per heavy atom. The summed E-state index contributed by atoms with van der Waals surface area (Å²) in [5.41, 5.74) is 4.77. The fourth-order valence-electron chi connectivity index (χ4n) is 2.51. The van der Waals surface area contributed by atoms with E-state index in [4.69, 9.17) is 16.3 Å². The molecule has 0 spiro atoms. The van der Waals surface area contributed by atoms with Crippen molar-refractivity contribution in [3.8, 4) is 5.75 Å². The fraction of sp³-hybridized carbons (Fsp3) is 0.500. The molecule has 1 aromatic rings. The summed E-state index contributed by atoms with van der Waals surface area (Å²) < 4.78 is 5.28. The van der Waals surface area contributed by atoms with Gasteiger partial charge in [0.1, 0.15) is 5.75 Å². The monoisotopic (exact) mass is 340 g/mol. The second-order valence-electron chi connectivity index (χ2n) is 5.65. The van der Waals surface area contributed by atoms with Crippen molar-refractivity contribution >= 4 is 23.4 Å². The number of halogens is 1. The highest BCUT2D eigenvalue weighted by Crippen LogP contribution is 2.15. The van der Waals surface area contributed by atoms with Crippen LogP contribution in [0.25, 0.3) is 0 Å². The quantitative estimate of drug-likeness (QED) is 0.653. The van der Waals surface area contributed by atoms with Crippen molar-refractivity contribution in [1.82, 2.24) is 10.9 Å². The number of hydrazine groups is 1. The van der Waals surface area contributed by atoms with Crippen molar-refractivity contribution in [1.29, 1.82) is 0 Å². The maximum Gasteiger partial charge on any atom is 0.276 e. The largest absolute Gasteiger partial charge is 0.484 e. The van der Waals surface area contributed by atoms with E-state index in [1.54, 1.807) is 24.3 Å². The SMILES string of the molecule is O=C(CC[NH+]1CCCCC1)NNC(=O)COc1ccc(Cl)cc1. The first kappa shape index (κ1) is 17.6. The van der Waals surface area contributed by atoms with Crippen LogP contribution in [0.5, 0.6) is 5.75 Å². The molecule has 3 N–H and O–H groups in total. The molecule has 1 aromatic carbocycles. The van der Waals surface area contributed by atoms with E-state index in [9.17, 15) is 9.59 Å². The number of hydrogen-bond acceptors (Lipinski definition) is 3. The lowest BCUT2D eigenvalue weighted by molar-refractivity contribution is -0.904. The van der Waals surface area contributed by atoms with Gasteiger partial charge in [-0.25, -0.2) is 0 Å². The van der Waals surface area contributed by atoms with Gasteiger partial charge in [0.25, 0.3) is 5.91 Å². The van der Waals surface area contributed by atoms with Gasteiger partial charge in [0.05, 0.1) is 26.1 Å². The average Bonchev–Trinajstić information content (AvgIpc) is 2.58. The zero-order valence-electron chi connectivity index (χ0n) is 13.1. The van der Waals surface area contributed by atoms with E-state index in [0.717, 1.165) is 19.6 Å². The van der Waals surface area contributed by atoms with Gasteiger partial charge in [-0.05, 0) is 43.5 Å². The summed E-state index contributed by atoms with van der Waals surface area (Å²) in [5, 5.41) is 0.602. The van der Waals surface area contributed by atoms with Crippen LogP contribution in [0.3, 0.4) is 0 Å². The topological polar surface area (TPSA) is 71.9 Å². The molecule has 1 heterocycles. The first-order valence-corrected chi connectivity index (χ1v) is 8.31. The molecule has 7 heteroatoms. The number of quaternary nitrogens is 1. The predicted molar refractivity (Wildman–Crippen MR) is 87.3 cm³/mol. The zero-order valence-corrected chi connectivity index (χ0v) is 13.8. The maximum atomic E-state index is 11.7. The Bertz CT molecular complexity index is 516. The Hall–Kier alpha value is -1.79. The Morgan fingerprint density at radius 3 is 2.39 bits per heavy atom. The number of likely N-dealkylation sites (tertiary alicyclic amines) is 1. The van der Waals surface area contributed by atoms with Crippen molar-refractivity contribution in [2.75, 3.05) is 26.2 Å².